The van der Waals surface area contributed by atoms with Gasteiger partial charge < -0.3 is 5.11 Å². The van der Waals surface area contributed by atoms with Gasteiger partial charge in [-0.25, -0.2) is 10.7 Å². The van der Waals surface area contributed by atoms with Gasteiger partial charge in [0.25, 0.3) is 5.79 Å². The van der Waals surface area contributed by atoms with Crippen molar-refractivity contribution in [2.75, 3.05) is 6.54 Å². The van der Waals surface area contributed by atoms with Crippen LogP contribution in [0.25, 0.3) is 0 Å². The number of benzene rings is 2. The molecule has 1 heterocycles. The van der Waals surface area contributed by atoms with Gasteiger partial charge in [0.05, 0.1) is 6.54 Å². The molecule has 0 radical (unpaired) electrons. The van der Waals surface area contributed by atoms with Crippen LogP contribution in [-0.4, -0.2) is 28.7 Å². The highest BCUT2D eigenvalue weighted by molar-refractivity contribution is 6.02. The number of aliphatic hydroxyl groups is 1. The summed E-state index contributed by atoms with van der Waals surface area (Å²) in [7, 11) is 0. The van der Waals surface area contributed by atoms with Crippen LogP contribution >= 0.6 is 0 Å². The third-order valence-corrected chi connectivity index (χ3v) is 3.55. The molecule has 2 aromatic rings. The maximum atomic E-state index is 13.0. The van der Waals surface area contributed by atoms with Crippen molar-refractivity contribution in [2.45, 2.75) is 12.0 Å². The summed E-state index contributed by atoms with van der Waals surface area (Å²) in [6.45, 7) is 0.384. The normalized spacial score (nSPS) is 22.3. The van der Waals surface area contributed by atoms with E-state index in [-0.39, 0.29) is 0 Å². The zero-order valence-electron chi connectivity index (χ0n) is 12.3. The number of ketones is 1. The fraction of sp³-hybridized carbons (Fsp3) is 0.188. The quantitative estimate of drug-likeness (QED) is 0.299. The number of Topliss-reactive ketones (excluding diaryl/α,β-unsaturated/α-hetero) is 1. The predicted molar refractivity (Wildman–Crippen MR) is 81.1 cm³/mol. The van der Waals surface area contributed by atoms with Crippen molar-refractivity contribution < 1.29 is 19.6 Å². The number of rotatable bonds is 7. The lowest BCUT2D eigenvalue weighted by atomic mass is 9.96. The van der Waals surface area contributed by atoms with E-state index in [9.17, 15) is 9.90 Å². The van der Waals surface area contributed by atoms with E-state index in [2.05, 4.69) is 5.59 Å². The Kier molecular flexibility index (Phi) is 4.49. The fourth-order valence-electron chi connectivity index (χ4n) is 2.17. The van der Waals surface area contributed by atoms with Gasteiger partial charge in [-0.05, 0) is 0 Å². The maximum Gasteiger partial charge on any atom is 0.295 e. The average Bonchev–Trinajstić information content (AvgIpc) is 3.33. The van der Waals surface area contributed by atoms with Crippen molar-refractivity contribution in [3.05, 3.63) is 71.8 Å². The molecule has 7 nitrogen and oxygen atoms in total. The fourth-order valence-corrected chi connectivity index (χ4v) is 2.17. The minimum absolute atomic E-state index is 0.384. The summed E-state index contributed by atoms with van der Waals surface area (Å²) in [5.74, 6) is 3.12. The van der Waals surface area contributed by atoms with Crippen LogP contribution in [0.15, 0.2) is 60.7 Å². The lowest BCUT2D eigenvalue weighted by Crippen LogP contribution is -2.48. The summed E-state index contributed by atoms with van der Waals surface area (Å²) in [4.78, 5) is 23.5. The van der Waals surface area contributed by atoms with Crippen LogP contribution in [-0.2, 0) is 15.5 Å². The summed E-state index contributed by atoms with van der Waals surface area (Å²) in [5.41, 5.74) is 3.32. The van der Waals surface area contributed by atoms with Crippen molar-refractivity contribution in [2.24, 2.45) is 5.90 Å². The number of carbonyl (C=O) groups is 1. The van der Waals surface area contributed by atoms with Gasteiger partial charge in [-0.15, -0.1) is 5.59 Å². The largest absolute Gasteiger partial charge is 0.376 e. The van der Waals surface area contributed by atoms with Crippen molar-refractivity contribution in [1.29, 1.82) is 0 Å². The van der Waals surface area contributed by atoms with E-state index in [1.807, 2.05) is 0 Å². The Morgan fingerprint density at radius 1 is 1.17 bits per heavy atom. The van der Waals surface area contributed by atoms with Gasteiger partial charge >= 0.3 is 0 Å². The van der Waals surface area contributed by atoms with E-state index >= 15 is 0 Å². The summed E-state index contributed by atoms with van der Waals surface area (Å²) in [5, 5.41) is 10.7. The predicted octanol–water partition coefficient (Wildman–Crippen LogP) is 0.683. The van der Waals surface area contributed by atoms with Gasteiger partial charge in [0.2, 0.25) is 5.78 Å². The molecule has 7 heteroatoms. The van der Waals surface area contributed by atoms with Gasteiger partial charge in [-0.1, -0.05) is 60.7 Å². The minimum atomic E-state index is -1.87. The highest BCUT2D eigenvalue weighted by Gasteiger charge is 2.46. The molecular weight excluding hydrogens is 298 g/mol. The number of nitrogens with one attached hydrogen (secondary N) is 1. The number of hydrogen-bond donors (Lipinski definition) is 3. The molecule has 0 saturated carbocycles. The highest BCUT2D eigenvalue weighted by Crippen LogP contribution is 2.30. The smallest absolute Gasteiger partial charge is 0.295 e. The summed E-state index contributed by atoms with van der Waals surface area (Å²) in [6, 6.07) is 17.2. The van der Waals surface area contributed by atoms with E-state index in [0.717, 1.165) is 0 Å². The van der Waals surface area contributed by atoms with E-state index in [1.54, 1.807) is 60.7 Å². The van der Waals surface area contributed by atoms with E-state index in [1.165, 1.54) is 5.01 Å². The summed E-state index contributed by atoms with van der Waals surface area (Å²) < 4.78 is 0. The van der Waals surface area contributed by atoms with Gasteiger partial charge in [0.15, 0.2) is 0 Å². The molecule has 0 amide bonds. The molecular formula is C16H17N3O4. The van der Waals surface area contributed by atoms with Crippen LogP contribution in [0.4, 0.5) is 0 Å². The lowest BCUT2D eigenvalue weighted by Gasteiger charge is -2.30. The molecule has 1 saturated heterocycles. The second-order valence-electron chi connectivity index (χ2n) is 5.12. The van der Waals surface area contributed by atoms with E-state index in [4.69, 9.17) is 15.6 Å². The molecule has 3 unspecified atom stereocenters. The Balaban J connectivity index is 1.95. The average molecular weight is 315 g/mol. The minimum Gasteiger partial charge on any atom is -0.376 e. The SMILES string of the molecule is NOC(ONN1CC1O)(C(=O)c1ccccc1)c1ccccc1. The van der Waals surface area contributed by atoms with Crippen LogP contribution in [0.5, 0.6) is 0 Å². The number of hydrogen-bond acceptors (Lipinski definition) is 7. The lowest BCUT2D eigenvalue weighted by molar-refractivity contribution is -0.269. The molecule has 1 aliphatic rings. The summed E-state index contributed by atoms with van der Waals surface area (Å²) >= 11 is 0. The molecule has 1 fully saturated rings. The Morgan fingerprint density at radius 3 is 2.26 bits per heavy atom. The number of carbonyl (C=O) groups excluding carboxylic acids is 1. The van der Waals surface area contributed by atoms with Crippen LogP contribution in [0.2, 0.25) is 0 Å². The van der Waals surface area contributed by atoms with Gasteiger partial charge in [0, 0.05) is 11.1 Å². The van der Waals surface area contributed by atoms with Gasteiger partial charge in [-0.2, -0.15) is 5.01 Å². The summed E-state index contributed by atoms with van der Waals surface area (Å²) in [6.07, 6.45) is -0.659. The number of hydrazine groups is 1. The van der Waals surface area contributed by atoms with Crippen molar-refractivity contribution >= 4 is 5.78 Å². The Bertz CT molecular complexity index is 668. The van der Waals surface area contributed by atoms with Crippen molar-refractivity contribution in [1.82, 2.24) is 10.6 Å². The highest BCUT2D eigenvalue weighted by atomic mass is 16.8. The monoisotopic (exact) mass is 315 g/mol. The molecule has 2 aromatic carbocycles. The Labute approximate surface area is 133 Å². The molecule has 0 aromatic heterocycles. The number of aliphatic hydroxyl groups excluding tert-OH is 1. The van der Waals surface area contributed by atoms with Crippen molar-refractivity contribution in [3.8, 4) is 0 Å². The Hall–Kier alpha value is -2.13. The molecule has 0 aliphatic carbocycles. The van der Waals surface area contributed by atoms with E-state index in [0.29, 0.717) is 17.7 Å². The second kappa shape index (κ2) is 6.55. The molecule has 3 rings (SSSR count). The number of nitrogens with two attached hydrogens (primary N) is 1. The second-order valence-corrected chi connectivity index (χ2v) is 5.12. The third kappa shape index (κ3) is 3.15. The van der Waals surface area contributed by atoms with Crippen LogP contribution in [0.3, 0.4) is 0 Å². The molecule has 23 heavy (non-hydrogen) atoms. The van der Waals surface area contributed by atoms with Crippen LogP contribution < -0.4 is 11.5 Å². The zero-order chi connectivity index (χ0) is 16.3. The molecule has 1 aliphatic heterocycles. The topological polar surface area (TPSA) is 96.8 Å². The Morgan fingerprint density at radius 2 is 1.74 bits per heavy atom. The van der Waals surface area contributed by atoms with Crippen LogP contribution in [0.1, 0.15) is 15.9 Å². The first-order chi connectivity index (χ1) is 11.2. The third-order valence-electron chi connectivity index (χ3n) is 3.55. The molecule has 4 N–H and O–H groups in total. The maximum absolute atomic E-state index is 13.0. The van der Waals surface area contributed by atoms with Gasteiger partial charge in [-0.3, -0.25) is 9.63 Å². The first-order valence-electron chi connectivity index (χ1n) is 7.09. The number of β-amino-alcohol motifs (C(OH)–C–C–N with tert-alkyl or cyclic N) is 1. The first-order valence-corrected chi connectivity index (χ1v) is 7.09. The molecule has 120 valence electrons. The molecule has 0 bridgehead atoms. The molecule has 3 atom stereocenters. The standard InChI is InChI=1S/C16H17N3O4/c17-22-16(13-9-5-2-6-10-13,23-18-19-11-14(19)20)15(21)12-7-3-1-4-8-12/h1-10,14,18,20H,11,17H2. The van der Waals surface area contributed by atoms with Gasteiger partial charge in [0.1, 0.15) is 6.23 Å². The van der Waals surface area contributed by atoms with Crippen molar-refractivity contribution in [3.63, 3.8) is 0 Å². The number of nitrogens with zero attached hydrogens (tertiary/aromatic N) is 1. The first kappa shape index (κ1) is 15.8. The van der Waals surface area contributed by atoms with Crippen LogP contribution in [0, 0.1) is 0 Å². The zero-order valence-corrected chi connectivity index (χ0v) is 12.3. The van der Waals surface area contributed by atoms with E-state index < -0.39 is 17.8 Å². The molecule has 0 spiro atoms.